The second-order valence-corrected chi connectivity index (χ2v) is 2.66. The van der Waals surface area contributed by atoms with Crippen LogP contribution in [0.4, 0.5) is 0 Å². The number of hydrogen-bond donors (Lipinski definition) is 0. The number of methoxy groups -OCH3 is 1. The van der Waals surface area contributed by atoms with Gasteiger partial charge in [0.25, 0.3) is 0 Å². The number of ether oxygens (including phenoxy) is 1. The van der Waals surface area contributed by atoms with Gasteiger partial charge in [0, 0.05) is 210 Å². The van der Waals surface area contributed by atoms with Crippen LogP contribution in [-0.4, -0.2) is 40.8 Å². The van der Waals surface area contributed by atoms with Crippen LogP contribution in [0, 0.1) is 6.42 Å². The van der Waals surface area contributed by atoms with Gasteiger partial charge in [-0.15, -0.1) is 0 Å². The fourth-order valence-corrected chi connectivity index (χ4v) is 0. The van der Waals surface area contributed by atoms with Crippen molar-refractivity contribution >= 4 is 11.8 Å². The van der Waals surface area contributed by atoms with Gasteiger partial charge in [0.05, 0.1) is 0 Å². The summed E-state index contributed by atoms with van der Waals surface area (Å²) in [6.45, 7) is 4.00. The second-order valence-electron chi connectivity index (χ2n) is 1.84. The monoisotopic (exact) mass is 729 g/mol. The first-order chi connectivity index (χ1) is 5.66. The Kier molecular flexibility index (Phi) is 376. The SMILES string of the molecule is COC.CSC.C[CH-]C.C[N-]C.[Y].[Y].[Y].[Y].[Y].[Y]. The van der Waals surface area contributed by atoms with Gasteiger partial charge >= 0.3 is 0 Å². The maximum Gasteiger partial charge on any atom is 0.0351 e. The van der Waals surface area contributed by atoms with Crippen molar-refractivity contribution in [3.63, 3.8) is 0 Å². The summed E-state index contributed by atoms with van der Waals surface area (Å²) in [5.74, 6) is 0. The Morgan fingerprint density at radius 1 is 0.778 bits per heavy atom. The van der Waals surface area contributed by atoms with Crippen LogP contribution in [-0.2, 0) is 201 Å². The van der Waals surface area contributed by atoms with Crippen LogP contribution in [0.5, 0.6) is 0 Å². The Balaban J connectivity index is -0.00000000533. The smallest absolute Gasteiger partial charge is 0.0351 e. The second kappa shape index (κ2) is 106. The molecule has 0 rings (SSSR count). The van der Waals surface area contributed by atoms with Gasteiger partial charge in [0.2, 0.25) is 0 Å². The van der Waals surface area contributed by atoms with Gasteiger partial charge in [-0.3, -0.25) is 0 Å². The number of thioether (sulfide) groups is 1. The van der Waals surface area contributed by atoms with Crippen LogP contribution >= 0.6 is 11.8 Å². The molecule has 0 aliphatic rings. The largest absolute Gasteiger partial charge is 0.668 e. The van der Waals surface area contributed by atoms with Gasteiger partial charge in [0.15, 0.2) is 0 Å². The summed E-state index contributed by atoms with van der Waals surface area (Å²) < 4.78 is 4.25. The third-order valence-corrected chi connectivity index (χ3v) is 0. The van der Waals surface area contributed by atoms with Crippen LogP contribution in [0.25, 0.3) is 5.32 Å². The number of nitrogens with zero attached hydrogens (tertiary/aromatic N) is 1. The van der Waals surface area contributed by atoms with Gasteiger partial charge < -0.3 is 16.5 Å². The maximum atomic E-state index is 4.25. The molecule has 0 saturated carbocycles. The first-order valence-corrected chi connectivity index (χ1v) is 5.32. The molecule has 0 fully saturated rings. The normalized spacial score (nSPS) is 4.00. The summed E-state index contributed by atoms with van der Waals surface area (Å²) in [5, 5.41) is 3.50. The van der Waals surface area contributed by atoms with Gasteiger partial charge in [-0.25, -0.2) is 0 Å². The van der Waals surface area contributed by atoms with Crippen LogP contribution in [0.2, 0.25) is 0 Å². The van der Waals surface area contributed by atoms with Gasteiger partial charge in [-0.05, 0) is 12.5 Å². The van der Waals surface area contributed by atoms with E-state index in [1.807, 2.05) is 32.8 Å². The van der Waals surface area contributed by atoms with E-state index >= 15 is 0 Å². The first-order valence-electron chi connectivity index (χ1n) is 3.68. The van der Waals surface area contributed by atoms with Crippen molar-refractivity contribution in [3.8, 4) is 0 Å². The van der Waals surface area contributed by atoms with Gasteiger partial charge in [-0.2, -0.15) is 39.7 Å². The van der Waals surface area contributed by atoms with E-state index in [4.69, 9.17) is 0 Å². The molecule has 0 heterocycles. The molecule has 0 atom stereocenters. The molecule has 18 heavy (non-hydrogen) atoms. The van der Waals surface area contributed by atoms with E-state index in [9.17, 15) is 0 Å². The minimum absolute atomic E-state index is 0. The summed E-state index contributed by atoms with van der Waals surface area (Å²) in [5.41, 5.74) is 0. The standard InChI is InChI=1S/C3H7.C2H6N.C2H6O.C2H6S.6Y/c4*1-3-2;;;;;;/h3H,1-2H3;3*1-2H3;;;;;;/q2*-1;;;;;;;;. The molecule has 0 N–H and O–H groups in total. The number of hydrogen-bond acceptors (Lipinski definition) is 2. The maximum absolute atomic E-state index is 4.25. The molecule has 0 bridgehead atoms. The molecular formula is C9H25NOSY6-2. The van der Waals surface area contributed by atoms with Crippen LogP contribution in [0.1, 0.15) is 13.8 Å². The molecule has 9 heteroatoms. The van der Waals surface area contributed by atoms with E-state index in [1.54, 1.807) is 40.1 Å². The molecule has 0 aromatic carbocycles. The predicted molar refractivity (Wildman–Crippen MR) is 63.2 cm³/mol. The van der Waals surface area contributed by atoms with E-state index in [0.29, 0.717) is 0 Å². The average Bonchev–Trinajstić information content (AvgIpc) is 1.92. The Labute approximate surface area is 272 Å². The van der Waals surface area contributed by atoms with E-state index in [-0.39, 0.29) is 196 Å². The molecule has 0 saturated heterocycles. The molecule has 98 valence electrons. The molecule has 2 nitrogen and oxygen atoms in total. The summed E-state index contributed by atoms with van der Waals surface area (Å²) >= 11 is 1.75. The van der Waals surface area contributed by atoms with Crippen molar-refractivity contribution in [1.82, 2.24) is 0 Å². The van der Waals surface area contributed by atoms with Crippen LogP contribution < -0.4 is 0 Å². The van der Waals surface area contributed by atoms with Crippen molar-refractivity contribution in [2.75, 3.05) is 40.8 Å². The molecular weight excluding hydrogens is 704 g/mol. The van der Waals surface area contributed by atoms with Crippen molar-refractivity contribution in [2.45, 2.75) is 13.8 Å². The predicted octanol–water partition coefficient (Wildman–Crippen LogP) is 3.08. The van der Waals surface area contributed by atoms with Gasteiger partial charge in [-0.1, -0.05) is 0 Å². The van der Waals surface area contributed by atoms with E-state index < -0.39 is 0 Å². The fourth-order valence-electron chi connectivity index (χ4n) is 0. The van der Waals surface area contributed by atoms with Crippen LogP contribution in [0.3, 0.4) is 0 Å². The Bertz CT molecular complexity index is 39.0. The molecule has 0 aliphatic heterocycles. The summed E-state index contributed by atoms with van der Waals surface area (Å²) in [6, 6.07) is 0. The zero-order valence-electron chi connectivity index (χ0n) is 13.3. The van der Waals surface area contributed by atoms with Crippen molar-refractivity contribution < 1.29 is 201 Å². The van der Waals surface area contributed by atoms with E-state index in [1.165, 1.54) is 0 Å². The third-order valence-electron chi connectivity index (χ3n) is 0. The summed E-state index contributed by atoms with van der Waals surface area (Å²) in [7, 11) is 6.75. The van der Waals surface area contributed by atoms with E-state index in [2.05, 4.69) is 10.1 Å². The Morgan fingerprint density at radius 2 is 0.778 bits per heavy atom. The molecule has 0 unspecified atom stereocenters. The summed E-state index contributed by atoms with van der Waals surface area (Å²) in [6.07, 6.45) is 6.08. The zero-order chi connectivity index (χ0) is 10.8. The minimum Gasteiger partial charge on any atom is -0.668 e. The zero-order valence-corrected chi connectivity index (χ0v) is 31.2. The molecule has 0 aliphatic carbocycles. The quantitative estimate of drug-likeness (QED) is 0.359. The van der Waals surface area contributed by atoms with Crippen LogP contribution in [0.15, 0.2) is 0 Å². The average molecular weight is 729 g/mol. The Morgan fingerprint density at radius 3 is 0.778 bits per heavy atom. The molecule has 0 aromatic rings. The van der Waals surface area contributed by atoms with Crippen molar-refractivity contribution in [2.24, 2.45) is 0 Å². The topological polar surface area (TPSA) is 23.3 Å². The molecule has 0 amide bonds. The molecule has 0 aromatic heterocycles. The van der Waals surface area contributed by atoms with Crippen molar-refractivity contribution in [3.05, 3.63) is 11.7 Å². The minimum atomic E-state index is 0. The Hall–Kier alpha value is 6.89. The molecule has 0 spiro atoms. The van der Waals surface area contributed by atoms with Crippen molar-refractivity contribution in [1.29, 1.82) is 0 Å². The van der Waals surface area contributed by atoms with E-state index in [0.717, 1.165) is 0 Å². The number of rotatable bonds is 0. The fraction of sp³-hybridized carbons (Fsp3) is 0.889. The summed E-state index contributed by atoms with van der Waals surface area (Å²) in [4.78, 5) is 0. The molecule has 6 radical (unpaired) electrons. The third kappa shape index (κ3) is 231. The first kappa shape index (κ1) is 64.1. The van der Waals surface area contributed by atoms with Gasteiger partial charge in [0.1, 0.15) is 0 Å².